The highest BCUT2D eigenvalue weighted by Gasteiger charge is 2.18. The lowest BCUT2D eigenvalue weighted by Crippen LogP contribution is -2.43. The predicted octanol–water partition coefficient (Wildman–Crippen LogP) is 2.31. The third kappa shape index (κ3) is 4.98. The number of hydrogen-bond acceptors (Lipinski definition) is 5. The highest BCUT2D eigenvalue weighted by molar-refractivity contribution is 7.99. The zero-order valence-corrected chi connectivity index (χ0v) is 15.0. The Balaban J connectivity index is 0.00000208. The molecule has 8 heteroatoms. The number of hydrogen-bond donors (Lipinski definition) is 2. The molecule has 2 N–H and O–H groups in total. The Hall–Kier alpha value is -1.54. The van der Waals surface area contributed by atoms with Crippen LogP contribution in [0, 0.1) is 0 Å². The third-order valence-corrected chi connectivity index (χ3v) is 4.72. The zero-order valence-electron chi connectivity index (χ0n) is 13.4. The molecule has 1 atom stereocenters. The second kappa shape index (κ2) is 9.08. The number of benzene rings is 1. The van der Waals surface area contributed by atoms with Crippen molar-refractivity contribution in [1.29, 1.82) is 0 Å². The Bertz CT molecular complexity index is 674. The van der Waals surface area contributed by atoms with Crippen molar-refractivity contribution in [1.82, 2.24) is 14.9 Å². The van der Waals surface area contributed by atoms with Gasteiger partial charge in [-0.25, -0.2) is 4.98 Å². The zero-order chi connectivity index (χ0) is 16.1. The number of carbonyl (C=O) groups excluding carboxylic acids is 1. The highest BCUT2D eigenvalue weighted by Crippen LogP contribution is 2.32. The molecular formula is C16H21ClN4O2S. The lowest BCUT2D eigenvalue weighted by molar-refractivity contribution is -0.117. The van der Waals surface area contributed by atoms with E-state index in [4.69, 9.17) is 4.74 Å². The molecule has 0 radical (unpaired) electrons. The van der Waals surface area contributed by atoms with Crippen molar-refractivity contribution in [2.75, 3.05) is 25.1 Å². The summed E-state index contributed by atoms with van der Waals surface area (Å²) >= 11 is 1.53. The molecule has 2 aromatic rings. The molecule has 1 saturated heterocycles. The van der Waals surface area contributed by atoms with Gasteiger partial charge in [0.05, 0.1) is 18.9 Å². The van der Waals surface area contributed by atoms with E-state index in [1.54, 1.807) is 6.20 Å². The minimum absolute atomic E-state index is 0. The largest absolute Gasteiger partial charge is 0.378 e. The predicted molar refractivity (Wildman–Crippen MR) is 96.9 cm³/mol. The quantitative estimate of drug-likeness (QED) is 0.847. The normalized spacial score (nSPS) is 17.1. The van der Waals surface area contributed by atoms with Gasteiger partial charge in [-0.1, -0.05) is 12.1 Å². The molecular weight excluding hydrogens is 348 g/mol. The molecule has 2 heterocycles. The number of imidazole rings is 1. The number of amides is 1. The first kappa shape index (κ1) is 18.8. The van der Waals surface area contributed by atoms with Crippen LogP contribution < -0.4 is 10.6 Å². The van der Waals surface area contributed by atoms with Gasteiger partial charge in [-0.15, -0.1) is 12.4 Å². The molecule has 3 rings (SSSR count). The van der Waals surface area contributed by atoms with Crippen LogP contribution in [0.1, 0.15) is 6.42 Å². The number of aromatic nitrogens is 2. The van der Waals surface area contributed by atoms with Gasteiger partial charge in [0, 0.05) is 43.3 Å². The van der Waals surface area contributed by atoms with Crippen LogP contribution in [0.5, 0.6) is 0 Å². The van der Waals surface area contributed by atoms with E-state index in [1.165, 1.54) is 11.8 Å². The van der Waals surface area contributed by atoms with Gasteiger partial charge in [-0.2, -0.15) is 0 Å². The number of carbonyl (C=O) groups is 1. The van der Waals surface area contributed by atoms with Crippen LogP contribution in [-0.4, -0.2) is 41.3 Å². The first-order chi connectivity index (χ1) is 11.2. The molecule has 1 aliphatic rings. The molecule has 1 aromatic carbocycles. The number of halogens is 1. The van der Waals surface area contributed by atoms with E-state index >= 15 is 0 Å². The fourth-order valence-corrected chi connectivity index (χ4v) is 3.27. The molecule has 1 amide bonds. The monoisotopic (exact) mass is 368 g/mol. The smallest absolute Gasteiger partial charge is 0.226 e. The molecule has 0 aliphatic carbocycles. The van der Waals surface area contributed by atoms with Crippen molar-refractivity contribution in [2.24, 2.45) is 7.05 Å². The van der Waals surface area contributed by atoms with Gasteiger partial charge in [0.1, 0.15) is 0 Å². The maximum atomic E-state index is 12.3. The van der Waals surface area contributed by atoms with Crippen molar-refractivity contribution in [3.8, 4) is 0 Å². The van der Waals surface area contributed by atoms with Crippen LogP contribution in [0.3, 0.4) is 0 Å². The molecule has 1 aromatic heterocycles. The van der Waals surface area contributed by atoms with E-state index < -0.39 is 0 Å². The number of aryl methyl sites for hydroxylation is 1. The Morgan fingerprint density at radius 2 is 2.33 bits per heavy atom. The number of morpholine rings is 1. The Kier molecular flexibility index (Phi) is 7.11. The average molecular weight is 369 g/mol. The molecule has 6 nitrogen and oxygen atoms in total. The number of anilines is 1. The van der Waals surface area contributed by atoms with Crippen molar-refractivity contribution in [2.45, 2.75) is 22.5 Å². The highest BCUT2D eigenvalue weighted by atomic mass is 35.5. The molecule has 130 valence electrons. The third-order valence-electron chi connectivity index (χ3n) is 3.57. The van der Waals surface area contributed by atoms with E-state index in [0.29, 0.717) is 19.6 Å². The SMILES string of the molecule is Cl.Cn1ccnc1Sc1ccccc1NC(=O)CC1COCCN1. The van der Waals surface area contributed by atoms with Gasteiger partial charge in [0.25, 0.3) is 0 Å². The fourth-order valence-electron chi connectivity index (χ4n) is 2.38. The van der Waals surface area contributed by atoms with E-state index in [-0.39, 0.29) is 24.4 Å². The van der Waals surface area contributed by atoms with Crippen molar-refractivity contribution in [3.63, 3.8) is 0 Å². The van der Waals surface area contributed by atoms with Crippen LogP contribution in [0.2, 0.25) is 0 Å². The summed E-state index contributed by atoms with van der Waals surface area (Å²) in [5.41, 5.74) is 0.808. The van der Waals surface area contributed by atoms with Crippen LogP contribution >= 0.6 is 24.2 Å². The van der Waals surface area contributed by atoms with Crippen molar-refractivity contribution < 1.29 is 9.53 Å². The standard InChI is InChI=1S/C16H20N4O2S.ClH/c1-20-8-6-18-16(20)23-14-5-3-2-4-13(14)19-15(21)10-12-11-22-9-7-17-12;/h2-6,8,12,17H,7,9-11H2,1H3,(H,19,21);1H. The molecule has 24 heavy (non-hydrogen) atoms. The number of para-hydroxylation sites is 1. The fraction of sp³-hybridized carbons (Fsp3) is 0.375. The molecule has 1 aliphatic heterocycles. The summed E-state index contributed by atoms with van der Waals surface area (Å²) in [5, 5.41) is 7.17. The summed E-state index contributed by atoms with van der Waals surface area (Å²) < 4.78 is 7.33. The average Bonchev–Trinajstić information content (AvgIpc) is 2.95. The lowest BCUT2D eigenvalue weighted by Gasteiger charge is -2.23. The maximum Gasteiger partial charge on any atom is 0.226 e. The van der Waals surface area contributed by atoms with E-state index in [2.05, 4.69) is 15.6 Å². The number of nitrogens with one attached hydrogen (secondary N) is 2. The first-order valence-electron chi connectivity index (χ1n) is 7.57. The number of rotatable bonds is 5. The Morgan fingerprint density at radius 1 is 1.50 bits per heavy atom. The van der Waals surface area contributed by atoms with Crippen LogP contribution in [0.15, 0.2) is 46.7 Å². The summed E-state index contributed by atoms with van der Waals surface area (Å²) in [6, 6.07) is 7.85. The van der Waals surface area contributed by atoms with Crippen LogP contribution in [-0.2, 0) is 16.6 Å². The summed E-state index contributed by atoms with van der Waals surface area (Å²) in [6.45, 7) is 2.09. The second-order valence-electron chi connectivity index (χ2n) is 5.40. The topological polar surface area (TPSA) is 68.2 Å². The van der Waals surface area contributed by atoms with Crippen molar-refractivity contribution in [3.05, 3.63) is 36.7 Å². The number of nitrogens with zero attached hydrogens (tertiary/aromatic N) is 2. The van der Waals surface area contributed by atoms with Crippen LogP contribution in [0.25, 0.3) is 0 Å². The molecule has 1 fully saturated rings. The first-order valence-corrected chi connectivity index (χ1v) is 8.39. The van der Waals surface area contributed by atoms with E-state index in [9.17, 15) is 4.79 Å². The van der Waals surface area contributed by atoms with E-state index in [0.717, 1.165) is 22.3 Å². The molecule has 0 bridgehead atoms. The van der Waals surface area contributed by atoms with Gasteiger partial charge in [0.15, 0.2) is 5.16 Å². The minimum atomic E-state index is -0.0131. The van der Waals surface area contributed by atoms with Gasteiger partial charge in [0.2, 0.25) is 5.91 Å². The van der Waals surface area contributed by atoms with Gasteiger partial charge in [-0.3, -0.25) is 4.79 Å². The summed E-state index contributed by atoms with van der Waals surface area (Å²) in [7, 11) is 1.95. The second-order valence-corrected chi connectivity index (χ2v) is 6.41. The lowest BCUT2D eigenvalue weighted by atomic mass is 10.2. The summed E-state index contributed by atoms with van der Waals surface area (Å²) in [5.74, 6) is -0.0131. The van der Waals surface area contributed by atoms with Gasteiger partial charge < -0.3 is 19.9 Å². The minimum Gasteiger partial charge on any atom is -0.378 e. The molecule has 1 unspecified atom stereocenters. The van der Waals surface area contributed by atoms with Gasteiger partial charge >= 0.3 is 0 Å². The molecule has 0 saturated carbocycles. The van der Waals surface area contributed by atoms with Crippen LogP contribution in [0.4, 0.5) is 5.69 Å². The maximum absolute atomic E-state index is 12.3. The molecule has 0 spiro atoms. The number of ether oxygens (including phenoxy) is 1. The Morgan fingerprint density at radius 3 is 3.04 bits per heavy atom. The summed E-state index contributed by atoms with van der Waals surface area (Å²) in [6.07, 6.45) is 4.07. The van der Waals surface area contributed by atoms with Crippen molar-refractivity contribution >= 4 is 35.8 Å². The van der Waals surface area contributed by atoms with E-state index in [1.807, 2.05) is 42.1 Å². The Labute approximate surface area is 151 Å². The summed E-state index contributed by atoms with van der Waals surface area (Å²) in [4.78, 5) is 17.6. The van der Waals surface area contributed by atoms with Gasteiger partial charge in [-0.05, 0) is 23.9 Å².